The number of rotatable bonds is 0. The number of ether oxygens (including phenoxy) is 1. The molecule has 76 valence electrons. The third kappa shape index (κ3) is 2.36. The van der Waals surface area contributed by atoms with Gasteiger partial charge >= 0.3 is 6.09 Å². The van der Waals surface area contributed by atoms with Crippen molar-refractivity contribution in [1.82, 2.24) is 4.90 Å². The van der Waals surface area contributed by atoms with Crippen molar-refractivity contribution < 1.29 is 9.53 Å². The lowest BCUT2D eigenvalue weighted by molar-refractivity contribution is -0.0208. The van der Waals surface area contributed by atoms with Crippen LogP contribution >= 0.6 is 0 Å². The first kappa shape index (κ1) is 10.4. The Labute approximate surface area is 80.1 Å². The Morgan fingerprint density at radius 1 is 1.38 bits per heavy atom. The smallest absolute Gasteiger partial charge is 0.410 e. The fraction of sp³-hybridized carbons (Fsp3) is 0.900. The van der Waals surface area contributed by atoms with Crippen LogP contribution in [0.15, 0.2) is 0 Å². The fourth-order valence-electron chi connectivity index (χ4n) is 1.36. The van der Waals surface area contributed by atoms with Gasteiger partial charge in [0.15, 0.2) is 0 Å². The molecule has 0 N–H and O–H groups in total. The molecule has 0 saturated carbocycles. The standard InChI is InChI=1S/C10H19NO2/c1-7-6-11(8(7)2)9(12)13-10(3,4)5/h7-8H,6H2,1-5H3/t7-,8-/m0/s1. The van der Waals surface area contributed by atoms with E-state index in [0.29, 0.717) is 12.0 Å². The summed E-state index contributed by atoms with van der Waals surface area (Å²) in [7, 11) is 0. The topological polar surface area (TPSA) is 29.5 Å². The summed E-state index contributed by atoms with van der Waals surface area (Å²) in [6.45, 7) is 10.7. The molecular formula is C10H19NO2. The van der Waals surface area contributed by atoms with E-state index in [-0.39, 0.29) is 11.7 Å². The van der Waals surface area contributed by atoms with E-state index in [4.69, 9.17) is 4.74 Å². The molecule has 1 aliphatic rings. The Bertz CT molecular complexity index is 207. The molecule has 3 heteroatoms. The predicted molar refractivity (Wildman–Crippen MR) is 51.6 cm³/mol. The highest BCUT2D eigenvalue weighted by Gasteiger charge is 2.37. The Balaban J connectivity index is 2.42. The zero-order valence-electron chi connectivity index (χ0n) is 9.13. The number of hydrogen-bond acceptors (Lipinski definition) is 2. The lowest BCUT2D eigenvalue weighted by Gasteiger charge is -2.44. The van der Waals surface area contributed by atoms with Crippen LogP contribution in [0.2, 0.25) is 0 Å². The van der Waals surface area contributed by atoms with Crippen molar-refractivity contribution in [2.24, 2.45) is 5.92 Å². The van der Waals surface area contributed by atoms with E-state index >= 15 is 0 Å². The summed E-state index contributed by atoms with van der Waals surface area (Å²) in [4.78, 5) is 13.3. The monoisotopic (exact) mass is 185 g/mol. The summed E-state index contributed by atoms with van der Waals surface area (Å²) in [6, 6.07) is 0.329. The third-order valence-corrected chi connectivity index (χ3v) is 2.43. The Kier molecular flexibility index (Phi) is 2.55. The molecule has 0 unspecified atom stereocenters. The molecule has 0 aromatic carbocycles. The third-order valence-electron chi connectivity index (χ3n) is 2.43. The first-order chi connectivity index (χ1) is 5.81. The number of nitrogens with zero attached hydrogens (tertiary/aromatic N) is 1. The fourth-order valence-corrected chi connectivity index (χ4v) is 1.36. The largest absolute Gasteiger partial charge is 0.444 e. The molecule has 13 heavy (non-hydrogen) atoms. The quantitative estimate of drug-likeness (QED) is 0.579. The summed E-state index contributed by atoms with van der Waals surface area (Å²) in [6.07, 6.45) is -0.182. The van der Waals surface area contributed by atoms with E-state index in [9.17, 15) is 4.79 Å². The van der Waals surface area contributed by atoms with Gasteiger partial charge in [0, 0.05) is 12.6 Å². The summed E-state index contributed by atoms with van der Waals surface area (Å²) in [5.74, 6) is 0.604. The van der Waals surface area contributed by atoms with Gasteiger partial charge in [0.2, 0.25) is 0 Å². The second-order valence-electron chi connectivity index (χ2n) is 4.85. The first-order valence-corrected chi connectivity index (χ1v) is 4.81. The van der Waals surface area contributed by atoms with Crippen LogP contribution in [0, 0.1) is 5.92 Å². The van der Waals surface area contributed by atoms with Gasteiger partial charge in [-0.2, -0.15) is 0 Å². The van der Waals surface area contributed by atoms with Gasteiger partial charge in [-0.15, -0.1) is 0 Å². The van der Waals surface area contributed by atoms with Crippen LogP contribution in [0.25, 0.3) is 0 Å². The van der Waals surface area contributed by atoms with Gasteiger partial charge in [-0.05, 0) is 33.6 Å². The molecule has 0 spiro atoms. The average molecular weight is 185 g/mol. The zero-order chi connectivity index (χ0) is 10.2. The Morgan fingerprint density at radius 3 is 2.23 bits per heavy atom. The highest BCUT2D eigenvalue weighted by atomic mass is 16.6. The van der Waals surface area contributed by atoms with Crippen LogP contribution in [0.1, 0.15) is 34.6 Å². The number of likely N-dealkylation sites (tertiary alicyclic amines) is 1. The molecule has 1 aliphatic heterocycles. The molecule has 0 aliphatic carbocycles. The summed E-state index contributed by atoms with van der Waals surface area (Å²) < 4.78 is 5.25. The van der Waals surface area contributed by atoms with Crippen molar-refractivity contribution in [2.45, 2.75) is 46.3 Å². The minimum Gasteiger partial charge on any atom is -0.444 e. The minimum absolute atomic E-state index is 0.182. The highest BCUT2D eigenvalue weighted by Crippen LogP contribution is 2.25. The maximum atomic E-state index is 11.5. The van der Waals surface area contributed by atoms with E-state index in [1.807, 2.05) is 20.8 Å². The molecule has 3 nitrogen and oxygen atoms in total. The van der Waals surface area contributed by atoms with Crippen LogP contribution in [-0.2, 0) is 4.74 Å². The van der Waals surface area contributed by atoms with E-state index < -0.39 is 0 Å². The van der Waals surface area contributed by atoms with Gasteiger partial charge in [0.05, 0.1) is 0 Å². The van der Waals surface area contributed by atoms with Gasteiger partial charge < -0.3 is 9.64 Å². The van der Waals surface area contributed by atoms with Crippen LogP contribution in [0.3, 0.4) is 0 Å². The molecule has 0 bridgehead atoms. The van der Waals surface area contributed by atoms with Gasteiger partial charge in [-0.3, -0.25) is 0 Å². The van der Waals surface area contributed by atoms with Crippen molar-refractivity contribution in [2.75, 3.05) is 6.54 Å². The van der Waals surface area contributed by atoms with E-state index in [1.165, 1.54) is 0 Å². The van der Waals surface area contributed by atoms with Gasteiger partial charge in [0.1, 0.15) is 5.60 Å². The second-order valence-corrected chi connectivity index (χ2v) is 4.85. The van der Waals surface area contributed by atoms with Crippen LogP contribution in [-0.4, -0.2) is 29.2 Å². The number of carbonyl (C=O) groups excluding carboxylic acids is 1. The SMILES string of the molecule is C[C@H]1CN(C(=O)OC(C)(C)C)[C@H]1C. The summed E-state index contributed by atoms with van der Waals surface area (Å²) >= 11 is 0. The number of hydrogen-bond donors (Lipinski definition) is 0. The van der Waals surface area contributed by atoms with E-state index in [2.05, 4.69) is 13.8 Å². The zero-order valence-corrected chi connectivity index (χ0v) is 9.13. The van der Waals surface area contributed by atoms with Crippen LogP contribution < -0.4 is 0 Å². The second kappa shape index (κ2) is 3.20. The number of amides is 1. The molecule has 1 rings (SSSR count). The van der Waals surface area contributed by atoms with Crippen molar-refractivity contribution >= 4 is 6.09 Å². The molecule has 1 amide bonds. The normalized spacial score (nSPS) is 28.2. The summed E-state index contributed by atoms with van der Waals surface area (Å²) in [5.41, 5.74) is -0.379. The maximum Gasteiger partial charge on any atom is 0.410 e. The lowest BCUT2D eigenvalue weighted by Crippen LogP contribution is -2.57. The molecule has 0 aromatic rings. The van der Waals surface area contributed by atoms with Crippen molar-refractivity contribution in [3.8, 4) is 0 Å². The van der Waals surface area contributed by atoms with E-state index in [1.54, 1.807) is 4.90 Å². The molecular weight excluding hydrogens is 166 g/mol. The minimum atomic E-state index is -0.379. The maximum absolute atomic E-state index is 11.5. The van der Waals surface area contributed by atoms with Crippen LogP contribution in [0.4, 0.5) is 4.79 Å². The lowest BCUT2D eigenvalue weighted by atomic mass is 9.93. The van der Waals surface area contributed by atoms with E-state index in [0.717, 1.165) is 6.54 Å². The highest BCUT2D eigenvalue weighted by molar-refractivity contribution is 5.69. The van der Waals surface area contributed by atoms with Crippen molar-refractivity contribution in [3.63, 3.8) is 0 Å². The van der Waals surface area contributed by atoms with Gasteiger partial charge in [0.25, 0.3) is 0 Å². The molecule has 1 saturated heterocycles. The molecule has 2 atom stereocenters. The predicted octanol–water partition coefficient (Wildman–Crippen LogP) is 2.26. The molecule has 1 fully saturated rings. The van der Waals surface area contributed by atoms with Gasteiger partial charge in [-0.25, -0.2) is 4.79 Å². The Hall–Kier alpha value is -0.730. The van der Waals surface area contributed by atoms with Gasteiger partial charge in [-0.1, -0.05) is 6.92 Å². The van der Waals surface area contributed by atoms with Crippen LogP contribution in [0.5, 0.6) is 0 Å². The van der Waals surface area contributed by atoms with Crippen molar-refractivity contribution in [3.05, 3.63) is 0 Å². The Morgan fingerprint density at radius 2 is 1.92 bits per heavy atom. The molecule has 0 aromatic heterocycles. The molecule has 1 heterocycles. The average Bonchev–Trinajstić information content (AvgIpc) is 1.95. The summed E-state index contributed by atoms with van der Waals surface area (Å²) in [5, 5.41) is 0. The molecule has 0 radical (unpaired) electrons. The first-order valence-electron chi connectivity index (χ1n) is 4.81. The van der Waals surface area contributed by atoms with Crippen molar-refractivity contribution in [1.29, 1.82) is 0 Å². The number of carbonyl (C=O) groups is 1.